The van der Waals surface area contributed by atoms with E-state index in [9.17, 15) is 19.2 Å². The molecule has 1 aliphatic carbocycles. The van der Waals surface area contributed by atoms with Crippen molar-refractivity contribution in [3.8, 4) is 0 Å². The molecular formula is C8H8O7. The van der Waals surface area contributed by atoms with E-state index in [4.69, 9.17) is 15.3 Å². The van der Waals surface area contributed by atoms with Crippen molar-refractivity contribution in [1.29, 1.82) is 0 Å². The fraction of sp³-hybridized carbons (Fsp3) is 0.500. The van der Waals surface area contributed by atoms with E-state index < -0.39 is 41.6 Å². The lowest BCUT2D eigenvalue weighted by Gasteiger charge is -2.41. The second-order valence-corrected chi connectivity index (χ2v) is 3.31. The Morgan fingerprint density at radius 3 is 1.33 bits per heavy atom. The summed E-state index contributed by atoms with van der Waals surface area (Å²) < 4.78 is 0. The molecule has 0 radical (unpaired) electrons. The number of carbonyl (C=O) groups is 4. The van der Waals surface area contributed by atoms with Crippen LogP contribution in [0.3, 0.4) is 0 Å². The van der Waals surface area contributed by atoms with Gasteiger partial charge in [-0.15, -0.1) is 0 Å². The van der Waals surface area contributed by atoms with Crippen LogP contribution in [-0.4, -0.2) is 39.5 Å². The summed E-state index contributed by atoms with van der Waals surface area (Å²) in [7, 11) is 0. The molecule has 0 spiro atoms. The van der Waals surface area contributed by atoms with Gasteiger partial charge in [0.15, 0.2) is 0 Å². The van der Waals surface area contributed by atoms with E-state index in [1.54, 1.807) is 0 Å². The summed E-state index contributed by atoms with van der Waals surface area (Å²) >= 11 is 0. The monoisotopic (exact) mass is 216 g/mol. The highest BCUT2D eigenvalue weighted by Gasteiger charge is 2.61. The maximum absolute atomic E-state index is 10.6. The zero-order chi connectivity index (χ0) is 11.7. The Labute approximate surface area is 83.3 Å². The first-order chi connectivity index (χ1) is 6.91. The third kappa shape index (κ3) is 1.56. The van der Waals surface area contributed by atoms with Crippen molar-refractivity contribution in [3.63, 3.8) is 0 Å². The van der Waals surface area contributed by atoms with Gasteiger partial charge in [-0.25, -0.2) is 0 Å². The molecule has 7 nitrogen and oxygen atoms in total. The molecule has 82 valence electrons. The Hall–Kier alpha value is -1.92. The lowest BCUT2D eigenvalue weighted by molar-refractivity contribution is -0.183. The van der Waals surface area contributed by atoms with Crippen LogP contribution in [0.2, 0.25) is 0 Å². The van der Waals surface area contributed by atoms with Crippen LogP contribution in [-0.2, 0) is 19.2 Å². The molecule has 1 rings (SSSR count). The quantitative estimate of drug-likeness (QED) is 0.509. The first-order valence-corrected chi connectivity index (χ1v) is 4.05. The molecule has 1 aliphatic rings. The van der Waals surface area contributed by atoms with Gasteiger partial charge in [-0.1, -0.05) is 0 Å². The van der Waals surface area contributed by atoms with E-state index >= 15 is 0 Å². The van der Waals surface area contributed by atoms with E-state index in [2.05, 4.69) is 0 Å². The number of rotatable bonds is 4. The fourth-order valence-corrected chi connectivity index (χ4v) is 1.89. The van der Waals surface area contributed by atoms with Crippen molar-refractivity contribution in [2.24, 2.45) is 23.7 Å². The average Bonchev–Trinajstić information content (AvgIpc) is 1.99. The smallest absolute Gasteiger partial charge is 0.308 e. The largest absolute Gasteiger partial charge is 0.481 e. The Balaban J connectivity index is 3.00. The molecule has 15 heavy (non-hydrogen) atoms. The summed E-state index contributed by atoms with van der Waals surface area (Å²) in [5, 5.41) is 25.9. The van der Waals surface area contributed by atoms with E-state index in [0.717, 1.165) is 0 Å². The maximum atomic E-state index is 10.6. The van der Waals surface area contributed by atoms with Gasteiger partial charge < -0.3 is 20.1 Å². The first-order valence-electron chi connectivity index (χ1n) is 4.05. The number of carboxylic acid groups (broad SMARTS) is 3. The van der Waals surface area contributed by atoms with Gasteiger partial charge in [0.25, 0.3) is 0 Å². The van der Waals surface area contributed by atoms with Crippen LogP contribution >= 0.6 is 0 Å². The van der Waals surface area contributed by atoms with E-state index in [0.29, 0.717) is 0 Å². The Morgan fingerprint density at radius 1 is 0.800 bits per heavy atom. The number of hydrogen-bond acceptors (Lipinski definition) is 4. The average molecular weight is 216 g/mol. The highest BCUT2D eigenvalue weighted by Crippen LogP contribution is 2.45. The molecule has 0 saturated heterocycles. The zero-order valence-electron chi connectivity index (χ0n) is 7.36. The van der Waals surface area contributed by atoms with Crippen LogP contribution < -0.4 is 0 Å². The fourth-order valence-electron chi connectivity index (χ4n) is 1.89. The van der Waals surface area contributed by atoms with Gasteiger partial charge in [-0.2, -0.15) is 0 Å². The molecule has 3 N–H and O–H groups in total. The summed E-state index contributed by atoms with van der Waals surface area (Å²) in [6.45, 7) is 0. The molecule has 2 unspecified atom stereocenters. The Morgan fingerprint density at radius 2 is 1.13 bits per heavy atom. The second kappa shape index (κ2) is 3.68. The molecule has 0 bridgehead atoms. The van der Waals surface area contributed by atoms with Gasteiger partial charge in [0.1, 0.15) is 6.29 Å². The molecule has 0 amide bonds. The molecular weight excluding hydrogens is 208 g/mol. The molecule has 0 heterocycles. The number of aliphatic carboxylic acids is 3. The minimum absolute atomic E-state index is 0.191. The van der Waals surface area contributed by atoms with Gasteiger partial charge in [0.05, 0.1) is 17.8 Å². The Bertz CT molecular complexity index is 312. The second-order valence-electron chi connectivity index (χ2n) is 3.31. The number of aldehydes is 1. The molecule has 2 atom stereocenters. The highest BCUT2D eigenvalue weighted by atomic mass is 16.4. The van der Waals surface area contributed by atoms with Crippen LogP contribution in [0.25, 0.3) is 0 Å². The van der Waals surface area contributed by atoms with E-state index in [-0.39, 0.29) is 6.29 Å². The minimum Gasteiger partial charge on any atom is -0.481 e. The topological polar surface area (TPSA) is 129 Å². The van der Waals surface area contributed by atoms with E-state index in [1.165, 1.54) is 0 Å². The van der Waals surface area contributed by atoms with Gasteiger partial charge in [-0.05, 0) is 0 Å². The summed E-state index contributed by atoms with van der Waals surface area (Å²) in [5.74, 6) is -10.1. The van der Waals surface area contributed by atoms with Crippen LogP contribution in [0.15, 0.2) is 0 Å². The minimum atomic E-state index is -1.53. The van der Waals surface area contributed by atoms with Gasteiger partial charge in [-0.3, -0.25) is 14.4 Å². The summed E-state index contributed by atoms with van der Waals surface area (Å²) in [5.41, 5.74) is 0. The summed E-state index contributed by atoms with van der Waals surface area (Å²) in [6.07, 6.45) is 0.191. The van der Waals surface area contributed by atoms with Crippen LogP contribution in [0.1, 0.15) is 0 Å². The van der Waals surface area contributed by atoms with Crippen molar-refractivity contribution in [3.05, 3.63) is 0 Å². The van der Waals surface area contributed by atoms with Crippen molar-refractivity contribution in [2.45, 2.75) is 0 Å². The van der Waals surface area contributed by atoms with E-state index in [1.807, 2.05) is 0 Å². The maximum Gasteiger partial charge on any atom is 0.308 e. The standard InChI is InChI=1S/C8H8O7/c9-1-2-3(6(10)11)5(8(14)15)4(2)7(12)13/h1-5H,(H,10,11)(H,12,13)(H,14,15). The molecule has 0 aromatic carbocycles. The lowest BCUT2D eigenvalue weighted by Crippen LogP contribution is -2.57. The summed E-state index contributed by atoms with van der Waals surface area (Å²) in [6, 6.07) is 0. The predicted molar refractivity (Wildman–Crippen MR) is 42.9 cm³/mol. The molecule has 0 aromatic heterocycles. The number of carboxylic acids is 3. The third-order valence-electron chi connectivity index (χ3n) is 2.62. The van der Waals surface area contributed by atoms with Crippen LogP contribution in [0.4, 0.5) is 0 Å². The van der Waals surface area contributed by atoms with Crippen molar-refractivity contribution < 1.29 is 34.5 Å². The van der Waals surface area contributed by atoms with Crippen molar-refractivity contribution in [2.75, 3.05) is 0 Å². The normalized spacial score (nSPS) is 33.9. The lowest BCUT2D eigenvalue weighted by atomic mass is 9.57. The van der Waals surface area contributed by atoms with Gasteiger partial charge >= 0.3 is 17.9 Å². The molecule has 1 fully saturated rings. The Kier molecular flexibility index (Phi) is 2.74. The highest BCUT2D eigenvalue weighted by molar-refractivity contribution is 5.93. The van der Waals surface area contributed by atoms with Crippen LogP contribution in [0.5, 0.6) is 0 Å². The first kappa shape index (κ1) is 11.2. The predicted octanol–water partition coefficient (Wildman–Crippen LogP) is -1.08. The molecule has 1 saturated carbocycles. The molecule has 7 heteroatoms. The third-order valence-corrected chi connectivity index (χ3v) is 2.62. The number of hydrogen-bond donors (Lipinski definition) is 3. The summed E-state index contributed by atoms with van der Waals surface area (Å²) in [4.78, 5) is 42.3. The molecule has 0 aromatic rings. The van der Waals surface area contributed by atoms with Crippen LogP contribution in [0, 0.1) is 23.7 Å². The zero-order valence-corrected chi connectivity index (χ0v) is 7.36. The van der Waals surface area contributed by atoms with Crippen molar-refractivity contribution >= 4 is 24.2 Å². The number of carbonyl (C=O) groups excluding carboxylic acids is 1. The van der Waals surface area contributed by atoms with Gasteiger partial charge in [0, 0.05) is 5.92 Å². The van der Waals surface area contributed by atoms with Gasteiger partial charge in [0.2, 0.25) is 0 Å². The van der Waals surface area contributed by atoms with Crippen molar-refractivity contribution in [1.82, 2.24) is 0 Å². The SMILES string of the molecule is O=CC1C(C(=O)O)C(C(=O)O)C1C(=O)O. The molecule has 0 aliphatic heterocycles.